The Morgan fingerprint density at radius 2 is 2.24 bits per heavy atom. The molecule has 102 valence electrons. The van der Waals surface area contributed by atoms with E-state index in [4.69, 9.17) is 16.9 Å². The van der Waals surface area contributed by atoms with E-state index in [2.05, 4.69) is 15.4 Å². The number of benzene rings is 1. The van der Waals surface area contributed by atoms with E-state index in [0.29, 0.717) is 27.4 Å². The summed E-state index contributed by atoms with van der Waals surface area (Å²) in [7, 11) is 0. The van der Waals surface area contributed by atoms with Crippen molar-refractivity contribution in [2.45, 2.75) is 0 Å². The van der Waals surface area contributed by atoms with Crippen molar-refractivity contribution in [2.75, 3.05) is 5.32 Å². The maximum Gasteiger partial charge on any atom is 0.259 e. The number of anilines is 1. The number of carbonyl (C=O) groups is 1. The van der Waals surface area contributed by atoms with Gasteiger partial charge in [0.2, 0.25) is 0 Å². The molecule has 0 fully saturated rings. The second-order valence-corrected chi connectivity index (χ2v) is 4.66. The van der Waals surface area contributed by atoms with Gasteiger partial charge in [-0.25, -0.2) is 4.52 Å². The molecule has 0 unspecified atom stereocenters. The SMILES string of the molecule is N#Cc1ccc(Cl)cc1NC(=O)c1cnn2ccncc12. The fourth-order valence-corrected chi connectivity index (χ4v) is 2.09. The topological polar surface area (TPSA) is 83.1 Å². The average molecular weight is 298 g/mol. The normalized spacial score (nSPS) is 10.3. The van der Waals surface area contributed by atoms with Gasteiger partial charge in [0.25, 0.3) is 5.91 Å². The van der Waals surface area contributed by atoms with Crippen molar-refractivity contribution in [1.29, 1.82) is 5.26 Å². The summed E-state index contributed by atoms with van der Waals surface area (Å²) in [5.74, 6) is -0.378. The Labute approximate surface area is 124 Å². The van der Waals surface area contributed by atoms with E-state index in [1.165, 1.54) is 12.3 Å². The molecule has 1 amide bonds. The lowest BCUT2D eigenvalue weighted by Gasteiger charge is -2.06. The second-order valence-electron chi connectivity index (χ2n) is 4.22. The van der Waals surface area contributed by atoms with Crippen LogP contribution < -0.4 is 5.32 Å². The van der Waals surface area contributed by atoms with Crippen LogP contribution in [0.5, 0.6) is 0 Å². The minimum atomic E-state index is -0.378. The first-order chi connectivity index (χ1) is 10.2. The molecule has 2 heterocycles. The Bertz CT molecular complexity index is 880. The molecule has 0 saturated heterocycles. The van der Waals surface area contributed by atoms with Crippen molar-refractivity contribution in [2.24, 2.45) is 0 Å². The van der Waals surface area contributed by atoms with Gasteiger partial charge in [0.05, 0.1) is 34.7 Å². The van der Waals surface area contributed by atoms with Gasteiger partial charge in [-0.15, -0.1) is 0 Å². The number of halogens is 1. The Morgan fingerprint density at radius 3 is 3.05 bits per heavy atom. The number of hydrogen-bond donors (Lipinski definition) is 1. The van der Waals surface area contributed by atoms with Crippen LogP contribution in [0.25, 0.3) is 5.52 Å². The minimum Gasteiger partial charge on any atom is -0.321 e. The van der Waals surface area contributed by atoms with Crippen LogP contribution in [0.15, 0.2) is 43.0 Å². The maximum absolute atomic E-state index is 12.3. The number of nitrogens with one attached hydrogen (secondary N) is 1. The summed E-state index contributed by atoms with van der Waals surface area (Å²) in [4.78, 5) is 16.3. The van der Waals surface area contributed by atoms with Crippen molar-refractivity contribution in [3.63, 3.8) is 0 Å². The minimum absolute atomic E-state index is 0.336. The second kappa shape index (κ2) is 5.23. The molecule has 7 heteroatoms. The molecule has 6 nitrogen and oxygen atoms in total. The van der Waals surface area contributed by atoms with Gasteiger partial charge in [0.15, 0.2) is 0 Å². The number of rotatable bonds is 2. The third kappa shape index (κ3) is 2.42. The number of nitriles is 1. The molecule has 1 aromatic carbocycles. The molecule has 0 bridgehead atoms. The predicted octanol–water partition coefficient (Wildman–Crippen LogP) is 2.51. The lowest BCUT2D eigenvalue weighted by Crippen LogP contribution is -2.12. The molecular formula is C14H8ClN5O. The van der Waals surface area contributed by atoms with Gasteiger partial charge >= 0.3 is 0 Å². The zero-order valence-corrected chi connectivity index (χ0v) is 11.4. The number of fused-ring (bicyclic) bond motifs is 1. The van der Waals surface area contributed by atoms with E-state index in [1.54, 1.807) is 35.2 Å². The molecular weight excluding hydrogens is 290 g/mol. The Kier molecular flexibility index (Phi) is 3.26. The van der Waals surface area contributed by atoms with Crippen molar-refractivity contribution in [3.8, 4) is 6.07 Å². The highest BCUT2D eigenvalue weighted by atomic mass is 35.5. The predicted molar refractivity (Wildman–Crippen MR) is 77.1 cm³/mol. The van der Waals surface area contributed by atoms with E-state index in [9.17, 15) is 4.79 Å². The Balaban J connectivity index is 1.97. The van der Waals surface area contributed by atoms with Crippen molar-refractivity contribution in [3.05, 3.63) is 59.1 Å². The molecule has 0 spiro atoms. The molecule has 0 atom stereocenters. The number of nitrogens with zero attached hydrogens (tertiary/aromatic N) is 4. The van der Waals surface area contributed by atoms with Crippen LogP contribution in [-0.4, -0.2) is 20.5 Å². The fourth-order valence-electron chi connectivity index (χ4n) is 1.92. The highest BCUT2D eigenvalue weighted by Crippen LogP contribution is 2.21. The van der Waals surface area contributed by atoms with Crippen molar-refractivity contribution >= 4 is 28.7 Å². The number of amides is 1. The van der Waals surface area contributed by atoms with E-state index >= 15 is 0 Å². The lowest BCUT2D eigenvalue weighted by molar-refractivity contribution is 0.102. The van der Waals surface area contributed by atoms with Gasteiger partial charge in [0, 0.05) is 17.4 Å². The number of aromatic nitrogens is 3. The zero-order chi connectivity index (χ0) is 14.8. The van der Waals surface area contributed by atoms with Crippen LogP contribution in [-0.2, 0) is 0 Å². The molecule has 0 aliphatic heterocycles. The molecule has 3 rings (SSSR count). The lowest BCUT2D eigenvalue weighted by atomic mass is 10.2. The summed E-state index contributed by atoms with van der Waals surface area (Å²) in [5.41, 5.74) is 1.64. The Morgan fingerprint density at radius 1 is 1.38 bits per heavy atom. The Hall–Kier alpha value is -2.91. The van der Waals surface area contributed by atoms with Gasteiger partial charge in [-0.2, -0.15) is 10.4 Å². The summed E-state index contributed by atoms with van der Waals surface area (Å²) in [6.45, 7) is 0. The third-order valence-electron chi connectivity index (χ3n) is 2.92. The van der Waals surface area contributed by atoms with E-state index < -0.39 is 0 Å². The summed E-state index contributed by atoms with van der Waals surface area (Å²) in [5, 5.41) is 16.2. The van der Waals surface area contributed by atoms with Gasteiger partial charge in [0.1, 0.15) is 6.07 Å². The number of carbonyl (C=O) groups excluding carboxylic acids is 1. The average Bonchev–Trinajstić information content (AvgIpc) is 2.91. The van der Waals surface area contributed by atoms with Crippen molar-refractivity contribution < 1.29 is 4.79 Å². The monoisotopic (exact) mass is 297 g/mol. The largest absolute Gasteiger partial charge is 0.321 e. The molecule has 0 aliphatic carbocycles. The third-order valence-corrected chi connectivity index (χ3v) is 3.15. The van der Waals surface area contributed by atoms with E-state index in [1.807, 2.05) is 6.07 Å². The first-order valence-corrected chi connectivity index (χ1v) is 6.35. The van der Waals surface area contributed by atoms with Crippen LogP contribution in [0.1, 0.15) is 15.9 Å². The number of hydrogen-bond acceptors (Lipinski definition) is 4. The quantitative estimate of drug-likeness (QED) is 0.788. The van der Waals surface area contributed by atoms with Crippen LogP contribution in [0.4, 0.5) is 5.69 Å². The van der Waals surface area contributed by atoms with Gasteiger partial charge in [-0.3, -0.25) is 9.78 Å². The summed E-state index contributed by atoms with van der Waals surface area (Å²) in [6.07, 6.45) is 6.21. The molecule has 1 N–H and O–H groups in total. The first-order valence-electron chi connectivity index (χ1n) is 5.97. The molecule has 3 aromatic rings. The van der Waals surface area contributed by atoms with E-state index in [0.717, 1.165) is 0 Å². The van der Waals surface area contributed by atoms with E-state index in [-0.39, 0.29) is 5.91 Å². The molecule has 2 aromatic heterocycles. The van der Waals surface area contributed by atoms with Gasteiger partial charge < -0.3 is 5.32 Å². The summed E-state index contributed by atoms with van der Waals surface area (Å²) < 4.78 is 1.55. The highest BCUT2D eigenvalue weighted by Gasteiger charge is 2.14. The summed E-state index contributed by atoms with van der Waals surface area (Å²) >= 11 is 5.89. The van der Waals surface area contributed by atoms with Crippen LogP contribution in [0.2, 0.25) is 5.02 Å². The molecule has 0 aliphatic rings. The maximum atomic E-state index is 12.3. The first kappa shape index (κ1) is 13.1. The van der Waals surface area contributed by atoms with Crippen LogP contribution in [0, 0.1) is 11.3 Å². The zero-order valence-electron chi connectivity index (χ0n) is 10.6. The molecule has 0 radical (unpaired) electrons. The van der Waals surface area contributed by atoms with Gasteiger partial charge in [-0.1, -0.05) is 11.6 Å². The van der Waals surface area contributed by atoms with Crippen LogP contribution in [0.3, 0.4) is 0 Å². The molecule has 21 heavy (non-hydrogen) atoms. The molecule has 0 saturated carbocycles. The fraction of sp³-hybridized carbons (Fsp3) is 0. The van der Waals surface area contributed by atoms with Crippen LogP contribution >= 0.6 is 11.6 Å². The van der Waals surface area contributed by atoms with Gasteiger partial charge in [-0.05, 0) is 18.2 Å². The smallest absolute Gasteiger partial charge is 0.259 e. The highest BCUT2D eigenvalue weighted by molar-refractivity contribution is 6.31. The van der Waals surface area contributed by atoms with Crippen molar-refractivity contribution in [1.82, 2.24) is 14.6 Å². The standard InChI is InChI=1S/C14H8ClN5O/c15-10-2-1-9(6-16)12(5-10)19-14(21)11-7-18-20-4-3-17-8-13(11)20/h1-5,7-8H,(H,19,21). The summed E-state index contributed by atoms with van der Waals surface area (Å²) in [6, 6.07) is 6.68.